The lowest BCUT2D eigenvalue weighted by Crippen LogP contribution is -2.35. The molecule has 1 amide bonds. The number of hydrogen-bond acceptors (Lipinski definition) is 3. The van der Waals surface area contributed by atoms with E-state index in [2.05, 4.69) is 5.32 Å². The summed E-state index contributed by atoms with van der Waals surface area (Å²) in [4.78, 5) is 11.8. The summed E-state index contributed by atoms with van der Waals surface area (Å²) in [5, 5.41) is 11.6. The van der Waals surface area contributed by atoms with E-state index in [0.29, 0.717) is 12.2 Å². The first kappa shape index (κ1) is 12.7. The van der Waals surface area contributed by atoms with Gasteiger partial charge in [0.2, 0.25) is 0 Å². The minimum absolute atomic E-state index is 0.0712. The molecule has 1 atom stereocenters. The number of rotatable bonds is 5. The molecule has 4 heteroatoms. The van der Waals surface area contributed by atoms with Crippen molar-refractivity contribution < 1.29 is 14.6 Å². The maximum absolute atomic E-state index is 11.8. The molecule has 2 N–H and O–H groups in total. The predicted octanol–water partition coefficient (Wildman–Crippen LogP) is 0.944. The Hall–Kier alpha value is -1.39. The fraction of sp³-hybridized carbons (Fsp3) is 0.417. The monoisotopic (exact) mass is 223 g/mol. The Bertz CT molecular complexity index is 352. The number of carbonyl (C=O) groups is 1. The van der Waals surface area contributed by atoms with E-state index < -0.39 is 0 Å². The lowest BCUT2D eigenvalue weighted by molar-refractivity contribution is 0.0917. The predicted molar refractivity (Wildman–Crippen MR) is 61.2 cm³/mol. The molecule has 1 rings (SSSR count). The summed E-state index contributed by atoms with van der Waals surface area (Å²) in [5.41, 5.74) is 1.43. The number of amides is 1. The van der Waals surface area contributed by atoms with Crippen LogP contribution in [0.25, 0.3) is 0 Å². The molecule has 0 saturated heterocycles. The zero-order valence-corrected chi connectivity index (χ0v) is 9.56. The van der Waals surface area contributed by atoms with Crippen LogP contribution in [-0.4, -0.2) is 30.8 Å². The van der Waals surface area contributed by atoms with Crippen molar-refractivity contribution in [3.05, 3.63) is 35.4 Å². The minimum atomic E-state index is -0.247. The van der Waals surface area contributed by atoms with Crippen LogP contribution in [0.1, 0.15) is 22.8 Å². The van der Waals surface area contributed by atoms with Crippen LogP contribution in [0.2, 0.25) is 0 Å². The van der Waals surface area contributed by atoms with Crippen molar-refractivity contribution in [3.8, 4) is 0 Å². The Kier molecular flexibility index (Phi) is 4.95. The normalized spacial score (nSPS) is 12.2. The summed E-state index contributed by atoms with van der Waals surface area (Å²) in [6.45, 7) is 2.08. The number of aliphatic hydroxyl groups excluding tert-OH is 1. The van der Waals surface area contributed by atoms with Crippen molar-refractivity contribution >= 4 is 5.91 Å². The fourth-order valence-corrected chi connectivity index (χ4v) is 1.37. The molecule has 0 aliphatic heterocycles. The second-order valence-electron chi connectivity index (χ2n) is 3.65. The summed E-state index contributed by atoms with van der Waals surface area (Å²) in [6, 6.07) is 7.01. The molecule has 0 aliphatic carbocycles. The molecule has 0 aliphatic rings. The van der Waals surface area contributed by atoms with E-state index in [1.165, 1.54) is 0 Å². The quantitative estimate of drug-likeness (QED) is 0.781. The van der Waals surface area contributed by atoms with Crippen molar-refractivity contribution in [3.63, 3.8) is 0 Å². The number of ether oxygens (including phenoxy) is 1. The van der Waals surface area contributed by atoms with E-state index in [0.717, 1.165) is 5.56 Å². The molecular weight excluding hydrogens is 206 g/mol. The maximum atomic E-state index is 11.8. The third kappa shape index (κ3) is 3.32. The van der Waals surface area contributed by atoms with Gasteiger partial charge in [-0.15, -0.1) is 0 Å². The molecule has 0 bridgehead atoms. The molecule has 1 unspecified atom stereocenters. The van der Waals surface area contributed by atoms with Gasteiger partial charge in [0.05, 0.1) is 13.2 Å². The van der Waals surface area contributed by atoms with Crippen molar-refractivity contribution in [2.75, 3.05) is 13.7 Å². The van der Waals surface area contributed by atoms with Gasteiger partial charge in [0, 0.05) is 18.7 Å². The molecule has 0 aromatic heterocycles. The van der Waals surface area contributed by atoms with Gasteiger partial charge in [-0.1, -0.05) is 18.2 Å². The smallest absolute Gasteiger partial charge is 0.251 e. The van der Waals surface area contributed by atoms with Gasteiger partial charge in [0.15, 0.2) is 0 Å². The Morgan fingerprint density at radius 3 is 2.81 bits per heavy atom. The van der Waals surface area contributed by atoms with Crippen LogP contribution >= 0.6 is 0 Å². The van der Waals surface area contributed by atoms with Crippen molar-refractivity contribution in [2.45, 2.75) is 19.6 Å². The van der Waals surface area contributed by atoms with E-state index in [1.807, 2.05) is 12.1 Å². The minimum Gasteiger partial charge on any atom is -0.394 e. The standard InChI is InChI=1S/C12H17NO3/c1-9(7-14)13-12(15)11-6-4-3-5-10(11)8-16-2/h3-6,9,14H,7-8H2,1-2H3,(H,13,15). The summed E-state index contributed by atoms with van der Waals surface area (Å²) in [7, 11) is 1.59. The molecule has 88 valence electrons. The van der Waals surface area contributed by atoms with Gasteiger partial charge in [0.25, 0.3) is 5.91 Å². The zero-order valence-electron chi connectivity index (χ0n) is 9.56. The molecule has 0 fully saturated rings. The van der Waals surface area contributed by atoms with Crippen LogP contribution in [0.5, 0.6) is 0 Å². The van der Waals surface area contributed by atoms with Gasteiger partial charge in [-0.25, -0.2) is 0 Å². The molecule has 0 heterocycles. The molecule has 1 aromatic carbocycles. The Labute approximate surface area is 95.2 Å². The van der Waals surface area contributed by atoms with Gasteiger partial charge in [0.1, 0.15) is 0 Å². The number of carbonyl (C=O) groups excluding carboxylic acids is 1. The van der Waals surface area contributed by atoms with E-state index in [4.69, 9.17) is 9.84 Å². The van der Waals surface area contributed by atoms with Crippen LogP contribution in [0.3, 0.4) is 0 Å². The zero-order chi connectivity index (χ0) is 12.0. The molecule has 1 aromatic rings. The van der Waals surface area contributed by atoms with Gasteiger partial charge in [-0.2, -0.15) is 0 Å². The van der Waals surface area contributed by atoms with Gasteiger partial charge >= 0.3 is 0 Å². The fourth-order valence-electron chi connectivity index (χ4n) is 1.37. The summed E-state index contributed by atoms with van der Waals surface area (Å²) < 4.78 is 5.02. The Balaban J connectivity index is 2.81. The Morgan fingerprint density at radius 1 is 1.50 bits per heavy atom. The molecule has 0 spiro atoms. The second-order valence-corrected chi connectivity index (χ2v) is 3.65. The SMILES string of the molecule is COCc1ccccc1C(=O)NC(C)CO. The highest BCUT2D eigenvalue weighted by Crippen LogP contribution is 2.09. The maximum Gasteiger partial charge on any atom is 0.251 e. The summed E-state index contributed by atoms with van der Waals surface area (Å²) in [5.74, 6) is -0.186. The first-order chi connectivity index (χ1) is 7.69. The number of benzene rings is 1. The average Bonchev–Trinajstić information content (AvgIpc) is 2.30. The molecule has 0 saturated carbocycles. The van der Waals surface area contributed by atoms with Gasteiger partial charge in [-0.3, -0.25) is 4.79 Å². The van der Waals surface area contributed by atoms with E-state index in [9.17, 15) is 4.79 Å². The highest BCUT2D eigenvalue weighted by Gasteiger charge is 2.12. The second kappa shape index (κ2) is 6.25. The molecule has 4 nitrogen and oxygen atoms in total. The molecule has 0 radical (unpaired) electrons. The van der Waals surface area contributed by atoms with Crippen molar-refractivity contribution in [2.24, 2.45) is 0 Å². The molecular formula is C12H17NO3. The largest absolute Gasteiger partial charge is 0.394 e. The summed E-state index contributed by atoms with van der Waals surface area (Å²) in [6.07, 6.45) is 0. The first-order valence-corrected chi connectivity index (χ1v) is 5.17. The highest BCUT2D eigenvalue weighted by molar-refractivity contribution is 5.95. The number of hydrogen-bond donors (Lipinski definition) is 2. The van der Waals surface area contributed by atoms with Crippen LogP contribution in [0.15, 0.2) is 24.3 Å². The van der Waals surface area contributed by atoms with Gasteiger partial charge in [-0.05, 0) is 18.6 Å². The third-order valence-corrected chi connectivity index (χ3v) is 2.21. The van der Waals surface area contributed by atoms with Crippen molar-refractivity contribution in [1.29, 1.82) is 0 Å². The molecule has 16 heavy (non-hydrogen) atoms. The highest BCUT2D eigenvalue weighted by atomic mass is 16.5. The summed E-state index contributed by atoms with van der Waals surface area (Å²) >= 11 is 0. The van der Waals surface area contributed by atoms with E-state index in [-0.39, 0.29) is 18.6 Å². The topological polar surface area (TPSA) is 58.6 Å². The number of nitrogens with one attached hydrogen (secondary N) is 1. The first-order valence-electron chi connectivity index (χ1n) is 5.17. The number of aliphatic hydroxyl groups is 1. The van der Waals surface area contributed by atoms with Crippen LogP contribution in [0.4, 0.5) is 0 Å². The average molecular weight is 223 g/mol. The Morgan fingerprint density at radius 2 is 2.19 bits per heavy atom. The van der Waals surface area contributed by atoms with Crippen LogP contribution in [0, 0.1) is 0 Å². The van der Waals surface area contributed by atoms with E-state index in [1.54, 1.807) is 26.2 Å². The van der Waals surface area contributed by atoms with Crippen LogP contribution in [-0.2, 0) is 11.3 Å². The van der Waals surface area contributed by atoms with Crippen molar-refractivity contribution in [1.82, 2.24) is 5.32 Å². The lowest BCUT2D eigenvalue weighted by Gasteiger charge is -2.13. The van der Waals surface area contributed by atoms with Gasteiger partial charge < -0.3 is 15.2 Å². The lowest BCUT2D eigenvalue weighted by atomic mass is 10.1. The van der Waals surface area contributed by atoms with E-state index >= 15 is 0 Å². The van der Waals surface area contributed by atoms with Crippen LogP contribution < -0.4 is 5.32 Å². The number of methoxy groups -OCH3 is 1. The third-order valence-electron chi connectivity index (χ3n) is 2.21.